The first-order valence-electron chi connectivity index (χ1n) is 27.9. The van der Waals surface area contributed by atoms with Gasteiger partial charge in [0.15, 0.2) is 5.78 Å². The number of hydrogen-bond donors (Lipinski definition) is 10. The van der Waals surface area contributed by atoms with Crippen molar-refractivity contribution in [1.29, 1.82) is 0 Å². The van der Waals surface area contributed by atoms with Crippen LogP contribution < -0.4 is 26.6 Å². The molecule has 0 unspecified atom stereocenters. The first-order chi connectivity index (χ1) is 37.2. The molecule has 446 valence electrons. The minimum Gasteiger partial charge on any atom is -0.481 e. The number of unbranched alkanes of at least 4 members (excludes halogenated alkanes) is 14. The molecule has 0 radical (unpaired) electrons. The van der Waals surface area contributed by atoms with E-state index in [9.17, 15) is 78.0 Å². The summed E-state index contributed by atoms with van der Waals surface area (Å²) in [6, 6.07) is -4.20. The standard InChI is InChI=1S/C54H91N5O19/c1-3-39(38(2)60)20-18-19-31-55-45(62)28-24-42(52(71)72)58-48(65)27-23-40(51(69)70)36-41(61)37-78-35-34-77-33-32-56-46(63)29-25-43(53(73)74)59-49(66)30-26-44(54(75)76)57-47(64)21-16-14-12-10-8-6-4-5-7-9-11-13-15-17-22-50(67)68/h39-40,42-44H,3-37H2,1-2H3,(H,55,62)(H,56,63)(H,57,64)(H,58,65)(H,59,66)(H,67,68)(H,69,70)(H,71,72)(H,73,74)(H,75,76)/t39-,40+,42-,43-,44-/m0/s1. The van der Waals surface area contributed by atoms with Crippen molar-refractivity contribution in [2.75, 3.05) is 39.5 Å². The van der Waals surface area contributed by atoms with Crippen LogP contribution in [-0.2, 0) is 67.0 Å². The monoisotopic (exact) mass is 1110 g/mol. The molecule has 0 aliphatic heterocycles. The lowest BCUT2D eigenvalue weighted by atomic mass is 9.95. The van der Waals surface area contributed by atoms with E-state index in [0.29, 0.717) is 25.8 Å². The summed E-state index contributed by atoms with van der Waals surface area (Å²) in [7, 11) is 0. The first-order valence-corrected chi connectivity index (χ1v) is 27.9. The van der Waals surface area contributed by atoms with Gasteiger partial charge in [-0.2, -0.15) is 0 Å². The Hall–Kier alpha value is -6.04. The van der Waals surface area contributed by atoms with E-state index in [0.717, 1.165) is 70.6 Å². The quantitative estimate of drug-likeness (QED) is 0.0364. The number of hydrogen-bond acceptors (Lipinski definition) is 14. The van der Waals surface area contributed by atoms with E-state index in [-0.39, 0.29) is 89.4 Å². The van der Waals surface area contributed by atoms with Crippen molar-refractivity contribution in [2.24, 2.45) is 11.8 Å². The van der Waals surface area contributed by atoms with Crippen molar-refractivity contribution in [3.63, 3.8) is 0 Å². The number of carboxylic acid groups (broad SMARTS) is 5. The van der Waals surface area contributed by atoms with E-state index >= 15 is 0 Å². The number of carbonyl (C=O) groups excluding carboxylic acids is 7. The molecule has 0 aromatic rings. The zero-order valence-electron chi connectivity index (χ0n) is 46.1. The van der Waals surface area contributed by atoms with Crippen LogP contribution in [0.1, 0.15) is 200 Å². The van der Waals surface area contributed by atoms with Crippen LogP contribution in [0, 0.1) is 11.8 Å². The Morgan fingerprint density at radius 3 is 1.21 bits per heavy atom. The highest BCUT2D eigenvalue weighted by Gasteiger charge is 2.27. The van der Waals surface area contributed by atoms with Gasteiger partial charge in [0.25, 0.3) is 0 Å². The number of rotatable bonds is 53. The average molecular weight is 1110 g/mol. The largest absolute Gasteiger partial charge is 0.481 e. The maximum atomic E-state index is 12.6. The van der Waals surface area contributed by atoms with Crippen molar-refractivity contribution < 1.29 is 92.5 Å². The lowest BCUT2D eigenvalue weighted by molar-refractivity contribution is -0.145. The summed E-state index contributed by atoms with van der Waals surface area (Å²) in [6.07, 6.45) is 14.7. The predicted molar refractivity (Wildman–Crippen MR) is 284 cm³/mol. The van der Waals surface area contributed by atoms with Gasteiger partial charge in [0, 0.05) is 64.0 Å². The molecule has 0 aliphatic rings. The SMILES string of the molecule is CC[C@@H](CCCCNC(=O)CC[C@H](NC(=O)CC[C@H](CC(=O)COCCOCCNC(=O)CC[C@H](NC(=O)CC[C@H](NC(=O)CCCCCCCCCCCCCCCCC(=O)O)C(=O)O)C(=O)O)C(=O)O)C(=O)O)C(C)=O. The highest BCUT2D eigenvalue weighted by molar-refractivity contribution is 5.88. The smallest absolute Gasteiger partial charge is 0.326 e. The van der Waals surface area contributed by atoms with Crippen LogP contribution in [0.25, 0.3) is 0 Å². The van der Waals surface area contributed by atoms with E-state index in [1.54, 1.807) is 6.92 Å². The molecule has 0 rings (SSSR count). The molecule has 5 amide bonds. The van der Waals surface area contributed by atoms with Crippen LogP contribution >= 0.6 is 0 Å². The maximum absolute atomic E-state index is 12.6. The summed E-state index contributed by atoms with van der Waals surface area (Å²) >= 11 is 0. The van der Waals surface area contributed by atoms with E-state index in [2.05, 4.69) is 26.6 Å². The Balaban J connectivity index is 4.30. The Morgan fingerprint density at radius 2 is 0.782 bits per heavy atom. The van der Waals surface area contributed by atoms with Gasteiger partial charge in [-0.05, 0) is 64.7 Å². The van der Waals surface area contributed by atoms with E-state index < -0.39 is 115 Å². The van der Waals surface area contributed by atoms with Gasteiger partial charge in [-0.15, -0.1) is 0 Å². The fraction of sp³-hybridized carbons (Fsp3) is 0.778. The molecule has 0 aromatic carbocycles. The number of Topliss-reactive ketones (excluding diaryl/α,β-unsaturated/α-hetero) is 2. The van der Waals surface area contributed by atoms with Crippen LogP contribution in [-0.4, -0.2) is 154 Å². The van der Waals surface area contributed by atoms with E-state index in [1.165, 1.54) is 25.7 Å². The van der Waals surface area contributed by atoms with Crippen molar-refractivity contribution in [1.82, 2.24) is 26.6 Å². The summed E-state index contributed by atoms with van der Waals surface area (Å²) in [6.45, 7) is 3.33. The lowest BCUT2D eigenvalue weighted by Gasteiger charge is -2.17. The molecule has 0 saturated carbocycles. The second kappa shape index (κ2) is 45.9. The number of nitrogens with one attached hydrogen (secondary N) is 5. The molecule has 0 aromatic heterocycles. The fourth-order valence-corrected chi connectivity index (χ4v) is 8.32. The van der Waals surface area contributed by atoms with Crippen LogP contribution in [0.4, 0.5) is 0 Å². The highest BCUT2D eigenvalue weighted by Crippen LogP contribution is 2.16. The second-order valence-electron chi connectivity index (χ2n) is 19.7. The zero-order chi connectivity index (χ0) is 58.5. The van der Waals surface area contributed by atoms with E-state index in [1.807, 2.05) is 6.92 Å². The molecule has 0 fully saturated rings. The average Bonchev–Trinajstić information content (AvgIpc) is 3.37. The molecule has 78 heavy (non-hydrogen) atoms. The third-order valence-electron chi connectivity index (χ3n) is 13.0. The molecular weight excluding hydrogens is 1020 g/mol. The lowest BCUT2D eigenvalue weighted by Crippen LogP contribution is -2.44. The number of ether oxygens (including phenoxy) is 2. The third-order valence-corrected chi connectivity index (χ3v) is 13.0. The van der Waals surface area contributed by atoms with Crippen LogP contribution in [0.3, 0.4) is 0 Å². The second-order valence-corrected chi connectivity index (χ2v) is 19.7. The zero-order valence-corrected chi connectivity index (χ0v) is 46.1. The molecule has 0 spiro atoms. The number of aliphatic carboxylic acids is 5. The fourth-order valence-electron chi connectivity index (χ4n) is 8.32. The Morgan fingerprint density at radius 1 is 0.385 bits per heavy atom. The Kier molecular flexibility index (Phi) is 42.4. The molecule has 24 heteroatoms. The molecule has 5 atom stereocenters. The minimum atomic E-state index is -1.45. The van der Waals surface area contributed by atoms with Gasteiger partial charge >= 0.3 is 29.8 Å². The van der Waals surface area contributed by atoms with Crippen LogP contribution in [0.2, 0.25) is 0 Å². The summed E-state index contributed by atoms with van der Waals surface area (Å²) in [4.78, 5) is 144. The molecule has 0 saturated heterocycles. The van der Waals surface area contributed by atoms with Gasteiger partial charge < -0.3 is 61.6 Å². The number of carboxylic acids is 5. The predicted octanol–water partition coefficient (Wildman–Crippen LogP) is 4.85. The maximum Gasteiger partial charge on any atom is 0.326 e. The van der Waals surface area contributed by atoms with Crippen molar-refractivity contribution >= 4 is 70.9 Å². The van der Waals surface area contributed by atoms with Crippen LogP contribution in [0.15, 0.2) is 0 Å². The van der Waals surface area contributed by atoms with Gasteiger partial charge in [-0.1, -0.05) is 90.4 Å². The minimum absolute atomic E-state index is 0.00953. The summed E-state index contributed by atoms with van der Waals surface area (Å²) in [5, 5.41) is 59.3. The molecule has 0 heterocycles. The normalized spacial score (nSPS) is 12.9. The third kappa shape index (κ3) is 41.1. The highest BCUT2D eigenvalue weighted by atomic mass is 16.5. The van der Waals surface area contributed by atoms with Gasteiger partial charge in [-0.25, -0.2) is 14.4 Å². The molecular formula is C54H91N5O19. The number of ketones is 2. The number of amides is 5. The van der Waals surface area contributed by atoms with Gasteiger partial charge in [0.2, 0.25) is 29.5 Å². The molecule has 0 bridgehead atoms. The van der Waals surface area contributed by atoms with Crippen LogP contribution in [0.5, 0.6) is 0 Å². The van der Waals surface area contributed by atoms with E-state index in [4.69, 9.17) is 14.6 Å². The summed E-state index contributed by atoms with van der Waals surface area (Å²) in [5.74, 6) is -10.9. The molecule has 0 aliphatic carbocycles. The van der Waals surface area contributed by atoms with Crippen molar-refractivity contribution in [3.05, 3.63) is 0 Å². The molecule has 24 nitrogen and oxygen atoms in total. The topological polar surface area (TPSA) is 385 Å². The van der Waals surface area contributed by atoms with Crippen molar-refractivity contribution in [3.8, 4) is 0 Å². The molecule has 10 N–H and O–H groups in total. The van der Waals surface area contributed by atoms with Gasteiger partial charge in [-0.3, -0.25) is 43.2 Å². The summed E-state index contributed by atoms with van der Waals surface area (Å²) in [5.41, 5.74) is 0. The number of carbonyl (C=O) groups is 12. The summed E-state index contributed by atoms with van der Waals surface area (Å²) < 4.78 is 10.6. The van der Waals surface area contributed by atoms with Gasteiger partial charge in [0.05, 0.1) is 25.7 Å². The first kappa shape index (κ1) is 72.0. The Bertz CT molecular complexity index is 1850. The van der Waals surface area contributed by atoms with Crippen molar-refractivity contribution in [2.45, 2.75) is 218 Å². The Labute approximate surface area is 458 Å². The van der Waals surface area contributed by atoms with Gasteiger partial charge in [0.1, 0.15) is 30.5 Å².